The molecule has 1 amide bonds. The molecule has 26 heavy (non-hydrogen) atoms. The third-order valence-corrected chi connectivity index (χ3v) is 5.03. The van der Waals surface area contributed by atoms with E-state index in [1.165, 1.54) is 7.11 Å². The fourth-order valence-corrected chi connectivity index (χ4v) is 3.63. The number of hydrogen-bond acceptors (Lipinski definition) is 5. The Bertz CT molecular complexity index is 728. The van der Waals surface area contributed by atoms with Crippen molar-refractivity contribution in [3.63, 3.8) is 0 Å². The van der Waals surface area contributed by atoms with Crippen molar-refractivity contribution in [3.05, 3.63) is 42.2 Å². The van der Waals surface area contributed by atoms with Gasteiger partial charge in [-0.05, 0) is 56.2 Å². The van der Waals surface area contributed by atoms with Crippen LogP contribution in [0.15, 0.2) is 30.7 Å². The molecule has 0 unspecified atom stereocenters. The van der Waals surface area contributed by atoms with Crippen LogP contribution in [0, 0.1) is 12.8 Å². The predicted octanol–water partition coefficient (Wildman–Crippen LogP) is 2.88. The standard InChI is InChI=1S/C20H26N4O2/c1-14-22-12-18(16-7-9-21-10-8-16)20(24-14)17-5-3-15(4-6-17)11-23-19(25)13-26-2/h7-10,12,15,17H,3-6,11,13H2,1-2H3,(H,23,25). The quantitative estimate of drug-likeness (QED) is 0.863. The summed E-state index contributed by atoms with van der Waals surface area (Å²) in [5.74, 6) is 1.73. The lowest BCUT2D eigenvalue weighted by molar-refractivity contribution is -0.124. The lowest BCUT2D eigenvalue weighted by Gasteiger charge is -2.29. The van der Waals surface area contributed by atoms with Crippen LogP contribution >= 0.6 is 0 Å². The smallest absolute Gasteiger partial charge is 0.245 e. The molecule has 0 aromatic carbocycles. The van der Waals surface area contributed by atoms with Crippen LogP contribution in [0.3, 0.4) is 0 Å². The molecular weight excluding hydrogens is 328 g/mol. The van der Waals surface area contributed by atoms with Gasteiger partial charge in [0.1, 0.15) is 12.4 Å². The Labute approximate surface area is 154 Å². The number of aromatic nitrogens is 3. The molecule has 0 aliphatic heterocycles. The first-order chi connectivity index (χ1) is 12.7. The van der Waals surface area contributed by atoms with E-state index in [2.05, 4.69) is 15.3 Å². The molecule has 1 aliphatic rings. The minimum absolute atomic E-state index is 0.0407. The average Bonchev–Trinajstić information content (AvgIpc) is 2.68. The Balaban J connectivity index is 1.66. The van der Waals surface area contributed by atoms with Crippen molar-refractivity contribution >= 4 is 5.91 Å². The zero-order chi connectivity index (χ0) is 18.4. The molecule has 0 bridgehead atoms. The SMILES string of the molecule is COCC(=O)NCC1CCC(c2nc(C)ncc2-c2ccncc2)CC1. The highest BCUT2D eigenvalue weighted by atomic mass is 16.5. The second-order valence-corrected chi connectivity index (χ2v) is 6.91. The maximum atomic E-state index is 11.6. The molecule has 2 heterocycles. The summed E-state index contributed by atoms with van der Waals surface area (Å²) in [5.41, 5.74) is 3.37. The zero-order valence-corrected chi connectivity index (χ0v) is 15.4. The van der Waals surface area contributed by atoms with Crippen LogP contribution in [0.4, 0.5) is 0 Å². The molecule has 1 N–H and O–H groups in total. The number of ether oxygens (including phenoxy) is 1. The molecule has 6 heteroatoms. The molecule has 0 saturated heterocycles. The highest BCUT2D eigenvalue weighted by molar-refractivity contribution is 5.77. The Morgan fingerprint density at radius 2 is 1.96 bits per heavy atom. The van der Waals surface area contributed by atoms with Crippen molar-refractivity contribution in [1.82, 2.24) is 20.3 Å². The zero-order valence-electron chi connectivity index (χ0n) is 15.4. The summed E-state index contributed by atoms with van der Waals surface area (Å²) in [6.07, 6.45) is 9.90. The lowest BCUT2D eigenvalue weighted by atomic mass is 9.79. The molecule has 3 rings (SSSR count). The van der Waals surface area contributed by atoms with E-state index in [4.69, 9.17) is 9.72 Å². The number of pyridine rings is 1. The molecule has 0 radical (unpaired) electrons. The number of rotatable bonds is 6. The number of hydrogen-bond donors (Lipinski definition) is 1. The lowest BCUT2D eigenvalue weighted by Crippen LogP contribution is -2.33. The normalized spacial score (nSPS) is 19.9. The first-order valence-corrected chi connectivity index (χ1v) is 9.17. The largest absolute Gasteiger partial charge is 0.375 e. The molecule has 138 valence electrons. The van der Waals surface area contributed by atoms with E-state index in [0.29, 0.717) is 11.8 Å². The molecule has 6 nitrogen and oxygen atoms in total. The van der Waals surface area contributed by atoms with E-state index >= 15 is 0 Å². The first-order valence-electron chi connectivity index (χ1n) is 9.17. The Hall–Kier alpha value is -2.34. The number of nitrogens with zero attached hydrogens (tertiary/aromatic N) is 3. The van der Waals surface area contributed by atoms with Crippen LogP contribution < -0.4 is 5.32 Å². The fourth-order valence-electron chi connectivity index (χ4n) is 3.63. The summed E-state index contributed by atoms with van der Waals surface area (Å²) in [6.45, 7) is 2.80. The van der Waals surface area contributed by atoms with E-state index in [9.17, 15) is 4.79 Å². The number of aryl methyl sites for hydroxylation is 1. The van der Waals surface area contributed by atoms with Gasteiger partial charge in [0.05, 0.1) is 5.69 Å². The first kappa shape index (κ1) is 18.5. The molecule has 2 aromatic heterocycles. The van der Waals surface area contributed by atoms with Crippen molar-refractivity contribution in [2.45, 2.75) is 38.5 Å². The van der Waals surface area contributed by atoms with Crippen LogP contribution in [0.2, 0.25) is 0 Å². The third-order valence-electron chi connectivity index (χ3n) is 5.03. The molecule has 0 atom stereocenters. The van der Waals surface area contributed by atoms with Crippen molar-refractivity contribution < 1.29 is 9.53 Å². The van der Waals surface area contributed by atoms with Gasteiger partial charge in [0, 0.05) is 43.7 Å². The van der Waals surface area contributed by atoms with Crippen LogP contribution in [-0.4, -0.2) is 41.1 Å². The van der Waals surface area contributed by atoms with E-state index in [0.717, 1.165) is 54.9 Å². The van der Waals surface area contributed by atoms with Gasteiger partial charge in [-0.15, -0.1) is 0 Å². The monoisotopic (exact) mass is 354 g/mol. The summed E-state index contributed by atoms with van der Waals surface area (Å²) in [4.78, 5) is 24.8. The number of methoxy groups -OCH3 is 1. The van der Waals surface area contributed by atoms with Gasteiger partial charge < -0.3 is 10.1 Å². The van der Waals surface area contributed by atoms with E-state index in [1.807, 2.05) is 25.3 Å². The van der Waals surface area contributed by atoms with Crippen molar-refractivity contribution in [2.24, 2.45) is 5.92 Å². The summed E-state index contributed by atoms with van der Waals surface area (Å²) in [5, 5.41) is 2.96. The predicted molar refractivity (Wildman–Crippen MR) is 99.6 cm³/mol. The van der Waals surface area contributed by atoms with Crippen LogP contribution in [0.1, 0.15) is 43.1 Å². The second kappa shape index (κ2) is 8.85. The molecule has 1 saturated carbocycles. The molecule has 2 aromatic rings. The van der Waals surface area contributed by atoms with E-state index in [-0.39, 0.29) is 12.5 Å². The highest BCUT2D eigenvalue weighted by Gasteiger charge is 2.26. The van der Waals surface area contributed by atoms with Gasteiger partial charge in [-0.2, -0.15) is 0 Å². The van der Waals surface area contributed by atoms with Crippen molar-refractivity contribution in [1.29, 1.82) is 0 Å². The second-order valence-electron chi connectivity index (χ2n) is 6.91. The average molecular weight is 354 g/mol. The topological polar surface area (TPSA) is 77.0 Å². The van der Waals surface area contributed by atoms with Crippen LogP contribution in [0.25, 0.3) is 11.1 Å². The third kappa shape index (κ3) is 4.64. The highest BCUT2D eigenvalue weighted by Crippen LogP contribution is 2.38. The number of carbonyl (C=O) groups is 1. The summed E-state index contributed by atoms with van der Waals surface area (Å²) >= 11 is 0. The molecule has 0 spiro atoms. The van der Waals surface area contributed by atoms with Gasteiger partial charge >= 0.3 is 0 Å². The number of nitrogens with one attached hydrogen (secondary N) is 1. The fraction of sp³-hybridized carbons (Fsp3) is 0.500. The molecular formula is C20H26N4O2. The van der Waals surface area contributed by atoms with Gasteiger partial charge in [-0.1, -0.05) is 0 Å². The van der Waals surface area contributed by atoms with Crippen molar-refractivity contribution in [2.75, 3.05) is 20.3 Å². The van der Waals surface area contributed by atoms with Gasteiger partial charge in [-0.3, -0.25) is 9.78 Å². The van der Waals surface area contributed by atoms with E-state index in [1.54, 1.807) is 12.4 Å². The maximum Gasteiger partial charge on any atom is 0.245 e. The Morgan fingerprint density at radius 3 is 2.65 bits per heavy atom. The number of carbonyl (C=O) groups excluding carboxylic acids is 1. The van der Waals surface area contributed by atoms with Gasteiger partial charge in [-0.25, -0.2) is 9.97 Å². The van der Waals surface area contributed by atoms with Crippen molar-refractivity contribution in [3.8, 4) is 11.1 Å². The van der Waals surface area contributed by atoms with Gasteiger partial charge in [0.2, 0.25) is 5.91 Å². The van der Waals surface area contributed by atoms with Crippen LogP contribution in [-0.2, 0) is 9.53 Å². The Kier molecular flexibility index (Phi) is 6.28. The Morgan fingerprint density at radius 1 is 1.23 bits per heavy atom. The molecule has 1 aliphatic carbocycles. The maximum absolute atomic E-state index is 11.6. The van der Waals surface area contributed by atoms with Gasteiger partial charge in [0.15, 0.2) is 0 Å². The van der Waals surface area contributed by atoms with Crippen LogP contribution in [0.5, 0.6) is 0 Å². The van der Waals surface area contributed by atoms with Gasteiger partial charge in [0.25, 0.3) is 0 Å². The summed E-state index contributed by atoms with van der Waals surface area (Å²) in [6, 6.07) is 4.02. The molecule has 1 fully saturated rings. The minimum atomic E-state index is -0.0407. The minimum Gasteiger partial charge on any atom is -0.375 e. The summed E-state index contributed by atoms with van der Waals surface area (Å²) in [7, 11) is 1.54. The summed E-state index contributed by atoms with van der Waals surface area (Å²) < 4.78 is 4.85. The van der Waals surface area contributed by atoms with E-state index < -0.39 is 0 Å². The number of amides is 1.